The van der Waals surface area contributed by atoms with Gasteiger partial charge in [-0.25, -0.2) is 0 Å². The van der Waals surface area contributed by atoms with Crippen molar-refractivity contribution in [2.45, 2.75) is 51.6 Å². The summed E-state index contributed by atoms with van der Waals surface area (Å²) in [6.07, 6.45) is -3.78. The quantitative estimate of drug-likeness (QED) is 0.744. The highest BCUT2D eigenvalue weighted by atomic mass is 19.4. The van der Waals surface area contributed by atoms with Crippen LogP contribution in [0.4, 0.5) is 13.2 Å². The summed E-state index contributed by atoms with van der Waals surface area (Å²) in [5, 5.41) is 0. The van der Waals surface area contributed by atoms with Gasteiger partial charge in [-0.2, -0.15) is 13.2 Å². The van der Waals surface area contributed by atoms with E-state index in [-0.39, 0.29) is 18.1 Å². The fraction of sp³-hybridized carbons (Fsp3) is 0.562. The minimum Gasteiger partial charge on any atom is -0.466 e. The highest BCUT2D eigenvalue weighted by molar-refractivity contribution is 5.78. The third-order valence-electron chi connectivity index (χ3n) is 3.72. The lowest BCUT2D eigenvalue weighted by atomic mass is 9.82. The molecule has 0 fully saturated rings. The Morgan fingerprint density at radius 1 is 1.14 bits per heavy atom. The third kappa shape index (κ3) is 3.77. The van der Waals surface area contributed by atoms with E-state index in [2.05, 4.69) is 0 Å². The maximum absolute atomic E-state index is 13.0. The van der Waals surface area contributed by atoms with E-state index in [0.29, 0.717) is 12.0 Å². The summed E-state index contributed by atoms with van der Waals surface area (Å²) in [7, 11) is 0. The van der Waals surface area contributed by atoms with Gasteiger partial charge < -0.3 is 4.74 Å². The predicted molar refractivity (Wildman–Crippen MR) is 75.2 cm³/mol. The number of carbonyl (C=O) groups excluding carboxylic acids is 1. The van der Waals surface area contributed by atoms with Gasteiger partial charge in [-0.1, -0.05) is 31.2 Å². The second kappa shape index (κ2) is 6.50. The maximum atomic E-state index is 13.0. The van der Waals surface area contributed by atoms with Crippen molar-refractivity contribution in [2.24, 2.45) is 0 Å². The number of hydrogen-bond acceptors (Lipinski definition) is 2. The van der Waals surface area contributed by atoms with Gasteiger partial charge in [-0.3, -0.25) is 4.79 Å². The summed E-state index contributed by atoms with van der Waals surface area (Å²) in [5.41, 5.74) is -1.06. The fourth-order valence-corrected chi connectivity index (χ4v) is 2.08. The molecule has 0 amide bonds. The molecular formula is C16H21F3O2. The van der Waals surface area contributed by atoms with Gasteiger partial charge in [0.15, 0.2) is 0 Å². The summed E-state index contributed by atoms with van der Waals surface area (Å²) in [4.78, 5) is 11.8. The molecule has 1 aromatic carbocycles. The van der Waals surface area contributed by atoms with Crippen LogP contribution in [0.2, 0.25) is 0 Å². The number of alkyl halides is 3. The molecule has 0 aliphatic rings. The zero-order valence-electron chi connectivity index (χ0n) is 12.8. The van der Waals surface area contributed by atoms with E-state index in [0.717, 1.165) is 13.8 Å². The van der Waals surface area contributed by atoms with Crippen LogP contribution in [0.25, 0.3) is 0 Å². The zero-order valence-corrected chi connectivity index (χ0v) is 12.8. The van der Waals surface area contributed by atoms with Gasteiger partial charge in [0.25, 0.3) is 0 Å². The van der Waals surface area contributed by atoms with Gasteiger partial charge in [0, 0.05) is 0 Å². The molecule has 2 nitrogen and oxygen atoms in total. The molecule has 1 rings (SSSR count). The summed E-state index contributed by atoms with van der Waals surface area (Å²) in [5.74, 6) is -0.782. The highest BCUT2D eigenvalue weighted by Crippen LogP contribution is 2.40. The molecule has 0 N–H and O–H groups in total. The van der Waals surface area contributed by atoms with Crippen LogP contribution in [-0.2, 0) is 14.9 Å². The van der Waals surface area contributed by atoms with Crippen LogP contribution in [0.3, 0.4) is 0 Å². The van der Waals surface area contributed by atoms with Crippen LogP contribution in [0.1, 0.15) is 51.2 Å². The molecule has 1 atom stereocenters. The molecule has 0 aliphatic carbocycles. The van der Waals surface area contributed by atoms with E-state index in [9.17, 15) is 18.0 Å². The number of rotatable bonds is 5. The molecule has 1 aromatic rings. The van der Waals surface area contributed by atoms with E-state index in [1.54, 1.807) is 19.1 Å². The average Bonchev–Trinajstić information content (AvgIpc) is 2.39. The van der Waals surface area contributed by atoms with Gasteiger partial charge in [0.05, 0.1) is 17.9 Å². The van der Waals surface area contributed by atoms with Crippen molar-refractivity contribution in [1.29, 1.82) is 0 Å². The van der Waals surface area contributed by atoms with Crippen molar-refractivity contribution in [3.8, 4) is 0 Å². The number of benzene rings is 1. The van der Waals surface area contributed by atoms with Crippen molar-refractivity contribution >= 4 is 5.97 Å². The molecule has 1 unspecified atom stereocenters. The number of ether oxygens (including phenoxy) is 1. The van der Waals surface area contributed by atoms with E-state index < -0.39 is 17.5 Å². The van der Waals surface area contributed by atoms with Gasteiger partial charge in [-0.05, 0) is 38.3 Å². The topological polar surface area (TPSA) is 26.3 Å². The van der Waals surface area contributed by atoms with Crippen molar-refractivity contribution in [1.82, 2.24) is 0 Å². The normalized spacial score (nSPS) is 13.9. The lowest BCUT2D eigenvalue weighted by Crippen LogP contribution is -2.36. The van der Waals surface area contributed by atoms with Crippen molar-refractivity contribution in [3.05, 3.63) is 35.4 Å². The molecule has 0 spiro atoms. The number of halogens is 3. The van der Waals surface area contributed by atoms with E-state index in [1.165, 1.54) is 12.1 Å². The Morgan fingerprint density at radius 2 is 1.67 bits per heavy atom. The first kappa shape index (κ1) is 17.5. The summed E-state index contributed by atoms with van der Waals surface area (Å²) >= 11 is 0. The van der Waals surface area contributed by atoms with Gasteiger partial charge in [0.2, 0.25) is 0 Å². The lowest BCUT2D eigenvalue weighted by Gasteiger charge is -2.28. The molecule has 5 heteroatoms. The van der Waals surface area contributed by atoms with E-state index >= 15 is 0 Å². The van der Waals surface area contributed by atoms with Crippen molar-refractivity contribution in [3.63, 3.8) is 0 Å². The molecule has 118 valence electrons. The van der Waals surface area contributed by atoms with Crippen molar-refractivity contribution in [2.75, 3.05) is 6.61 Å². The number of esters is 1. The Balaban J connectivity index is 3.04. The maximum Gasteiger partial charge on any atom is 0.397 e. The first-order valence-electron chi connectivity index (χ1n) is 6.99. The Kier molecular flexibility index (Phi) is 5.42. The summed E-state index contributed by atoms with van der Waals surface area (Å²) < 4.78 is 44.0. The van der Waals surface area contributed by atoms with Gasteiger partial charge in [-0.15, -0.1) is 0 Å². The van der Waals surface area contributed by atoms with E-state index in [4.69, 9.17) is 4.74 Å². The minimum atomic E-state index is -4.32. The Bertz CT molecular complexity index is 475. The highest BCUT2D eigenvalue weighted by Gasteiger charge is 2.48. The monoisotopic (exact) mass is 302 g/mol. The van der Waals surface area contributed by atoms with Gasteiger partial charge in [0.1, 0.15) is 0 Å². The molecule has 0 aliphatic heterocycles. The molecule has 0 aromatic heterocycles. The van der Waals surface area contributed by atoms with Crippen LogP contribution < -0.4 is 0 Å². The largest absolute Gasteiger partial charge is 0.466 e. The summed E-state index contributed by atoms with van der Waals surface area (Å²) in [6.45, 7) is 6.14. The Hall–Kier alpha value is -1.52. The van der Waals surface area contributed by atoms with Crippen LogP contribution in [0, 0.1) is 0 Å². The summed E-state index contributed by atoms with van der Waals surface area (Å²) in [6, 6.07) is 6.03. The molecular weight excluding hydrogens is 281 g/mol. The van der Waals surface area contributed by atoms with Crippen molar-refractivity contribution < 1.29 is 22.7 Å². The predicted octanol–water partition coefficient (Wildman–Crippen LogP) is 4.58. The number of hydrogen-bond donors (Lipinski definition) is 0. The smallest absolute Gasteiger partial charge is 0.397 e. The first-order valence-corrected chi connectivity index (χ1v) is 6.99. The third-order valence-corrected chi connectivity index (χ3v) is 3.72. The number of carbonyl (C=O) groups is 1. The zero-order chi connectivity index (χ0) is 16.3. The van der Waals surface area contributed by atoms with E-state index in [1.807, 2.05) is 6.92 Å². The van der Waals surface area contributed by atoms with Crippen LogP contribution in [0.5, 0.6) is 0 Å². The Labute approximate surface area is 123 Å². The molecule has 0 saturated carbocycles. The SMILES string of the molecule is CCOC(=O)C(CC)c1ccc(C(C)(C)C(F)(F)F)cc1. The van der Waals surface area contributed by atoms with Gasteiger partial charge >= 0.3 is 12.1 Å². The molecule has 0 saturated heterocycles. The van der Waals surface area contributed by atoms with Crippen LogP contribution in [-0.4, -0.2) is 18.8 Å². The fourth-order valence-electron chi connectivity index (χ4n) is 2.08. The van der Waals surface area contributed by atoms with Crippen LogP contribution >= 0.6 is 0 Å². The second-order valence-electron chi connectivity index (χ2n) is 5.46. The molecule has 0 heterocycles. The standard InChI is InChI=1S/C16H21F3O2/c1-5-13(14(20)21-6-2)11-7-9-12(10-8-11)15(3,4)16(17,18)19/h7-10,13H,5-6H2,1-4H3. The molecule has 0 bridgehead atoms. The first-order chi connectivity index (χ1) is 9.65. The molecule has 0 radical (unpaired) electrons. The average molecular weight is 302 g/mol. The minimum absolute atomic E-state index is 0.178. The van der Waals surface area contributed by atoms with Crippen LogP contribution in [0.15, 0.2) is 24.3 Å². The lowest BCUT2D eigenvalue weighted by molar-refractivity contribution is -0.180. The Morgan fingerprint density at radius 3 is 2.05 bits per heavy atom. The molecule has 21 heavy (non-hydrogen) atoms. The second-order valence-corrected chi connectivity index (χ2v) is 5.46.